The maximum Gasteiger partial charge on any atom is 0.259 e. The number of halogens is 1. The Hall–Kier alpha value is -6.22. The van der Waals surface area contributed by atoms with Crippen molar-refractivity contribution in [2.24, 2.45) is 0 Å². The van der Waals surface area contributed by atoms with Crippen LogP contribution in [0.2, 0.25) is 0 Å². The summed E-state index contributed by atoms with van der Waals surface area (Å²) < 4.78 is 5.43. The van der Waals surface area contributed by atoms with Gasteiger partial charge in [-0.2, -0.15) is 10.5 Å². The summed E-state index contributed by atoms with van der Waals surface area (Å²) in [5, 5.41) is 51.2. The molecule has 0 saturated heterocycles. The molecule has 268 valence electrons. The molecular formula is C39H39BrN6O6. The normalized spacial score (nSPS) is 11.8. The predicted molar refractivity (Wildman–Crippen MR) is 203 cm³/mol. The maximum atomic E-state index is 12.3. The summed E-state index contributed by atoms with van der Waals surface area (Å²) in [5.41, 5.74) is 1.51. The molecule has 5 N–H and O–H groups in total. The number of hydrogen-bond acceptors (Lipinski definition) is 8. The van der Waals surface area contributed by atoms with Crippen LogP contribution in [0.1, 0.15) is 43.5 Å². The fourth-order valence-electron chi connectivity index (χ4n) is 3.76. The lowest BCUT2D eigenvalue weighted by atomic mass is 10.1. The highest BCUT2D eigenvalue weighted by atomic mass is 79.9. The predicted octanol–water partition coefficient (Wildman–Crippen LogP) is 7.72. The zero-order valence-corrected chi connectivity index (χ0v) is 29.8. The number of hydrogen-bond donors (Lipinski definition) is 5. The van der Waals surface area contributed by atoms with E-state index in [9.17, 15) is 19.8 Å². The number of nitrogens with one attached hydrogen (secondary N) is 2. The molecule has 0 fully saturated rings. The zero-order valence-electron chi connectivity index (χ0n) is 28.2. The van der Waals surface area contributed by atoms with Crippen LogP contribution in [-0.4, -0.2) is 50.3 Å². The Kier molecular flexibility index (Phi) is 17.2. The van der Waals surface area contributed by atoms with Crippen molar-refractivity contribution in [2.75, 3.05) is 22.6 Å². The van der Waals surface area contributed by atoms with Gasteiger partial charge in [-0.15, -0.1) is 0 Å². The van der Waals surface area contributed by atoms with Crippen molar-refractivity contribution >= 4 is 50.5 Å². The molecule has 0 aliphatic carbocycles. The zero-order chi connectivity index (χ0) is 38.2. The number of phenolic OH excluding ortho intramolecular Hbond substituents is 1. The number of ether oxygens (including phenoxy) is 1. The van der Waals surface area contributed by atoms with Crippen LogP contribution in [0.3, 0.4) is 0 Å². The molecule has 52 heavy (non-hydrogen) atoms. The van der Waals surface area contributed by atoms with Crippen LogP contribution >= 0.6 is 15.9 Å². The number of nitriles is 2. The molecular weight excluding hydrogens is 728 g/mol. The van der Waals surface area contributed by atoms with Gasteiger partial charge in [0, 0.05) is 16.7 Å². The van der Waals surface area contributed by atoms with E-state index in [0.717, 1.165) is 11.1 Å². The van der Waals surface area contributed by atoms with E-state index in [1.807, 2.05) is 12.1 Å². The maximum absolute atomic E-state index is 12.3. The first-order valence-electron chi connectivity index (χ1n) is 15.0. The van der Waals surface area contributed by atoms with Crippen LogP contribution < -0.4 is 15.4 Å². The number of aryl methyl sites for hydroxylation is 2. The SMILES string of the molecule is C.N#Cc1ccc(O)cc1.[C-]#[N+]c1ccc(NC(=O)[C@](C)(O)CBr)cc1C.[C-]#[N+]c1ccc(NC(=O)[C@](C)(O)COc2ccc(C#N)cc2)cc1C. The molecule has 0 heterocycles. The monoisotopic (exact) mass is 766 g/mol. The molecule has 4 rings (SSSR count). The average molecular weight is 768 g/mol. The Balaban J connectivity index is 0.000000431. The van der Waals surface area contributed by atoms with Gasteiger partial charge in [0.15, 0.2) is 17.0 Å². The molecule has 2 amide bonds. The van der Waals surface area contributed by atoms with Crippen molar-refractivity contribution < 1.29 is 29.6 Å². The number of aromatic hydroxyl groups is 1. The highest BCUT2D eigenvalue weighted by Gasteiger charge is 2.32. The second kappa shape index (κ2) is 20.5. The van der Waals surface area contributed by atoms with Crippen molar-refractivity contribution in [3.63, 3.8) is 0 Å². The van der Waals surface area contributed by atoms with Gasteiger partial charge < -0.3 is 30.7 Å². The van der Waals surface area contributed by atoms with E-state index >= 15 is 0 Å². The molecule has 4 aromatic rings. The molecule has 4 aromatic carbocycles. The van der Waals surface area contributed by atoms with Gasteiger partial charge in [0.05, 0.1) is 36.4 Å². The topological polar surface area (TPSA) is 184 Å². The molecule has 0 aliphatic rings. The number of nitrogens with zero attached hydrogens (tertiary/aromatic N) is 4. The fourth-order valence-corrected chi connectivity index (χ4v) is 4.02. The van der Waals surface area contributed by atoms with Gasteiger partial charge in [-0.3, -0.25) is 9.59 Å². The lowest BCUT2D eigenvalue weighted by Crippen LogP contribution is -2.45. The number of alkyl halides is 1. The molecule has 0 saturated carbocycles. The fraction of sp³-hybridized carbons (Fsp3) is 0.231. The number of benzene rings is 4. The van der Waals surface area contributed by atoms with Crippen LogP contribution in [0, 0.1) is 49.7 Å². The van der Waals surface area contributed by atoms with Crippen molar-refractivity contribution in [3.8, 4) is 23.6 Å². The lowest BCUT2D eigenvalue weighted by Gasteiger charge is -2.22. The Morgan fingerprint density at radius 3 is 1.54 bits per heavy atom. The summed E-state index contributed by atoms with van der Waals surface area (Å²) in [5.74, 6) is -0.459. The van der Waals surface area contributed by atoms with Crippen molar-refractivity contribution in [3.05, 3.63) is 130 Å². The van der Waals surface area contributed by atoms with Gasteiger partial charge in [0.1, 0.15) is 23.7 Å². The summed E-state index contributed by atoms with van der Waals surface area (Å²) >= 11 is 3.07. The minimum absolute atomic E-state index is 0. The molecule has 2 atom stereocenters. The third kappa shape index (κ3) is 13.6. The minimum atomic E-state index is -1.75. The van der Waals surface area contributed by atoms with E-state index in [0.29, 0.717) is 39.6 Å². The Morgan fingerprint density at radius 2 is 1.17 bits per heavy atom. The van der Waals surface area contributed by atoms with E-state index in [4.69, 9.17) is 33.5 Å². The van der Waals surface area contributed by atoms with Crippen LogP contribution in [0.25, 0.3) is 9.69 Å². The number of aliphatic hydroxyl groups is 2. The Morgan fingerprint density at radius 1 is 0.769 bits per heavy atom. The van der Waals surface area contributed by atoms with Crippen molar-refractivity contribution in [2.45, 2.75) is 46.3 Å². The highest BCUT2D eigenvalue weighted by molar-refractivity contribution is 9.09. The number of anilines is 2. The largest absolute Gasteiger partial charge is 0.508 e. The van der Waals surface area contributed by atoms with Gasteiger partial charge in [0.25, 0.3) is 11.8 Å². The third-order valence-electron chi connectivity index (χ3n) is 6.89. The van der Waals surface area contributed by atoms with Crippen LogP contribution in [-0.2, 0) is 9.59 Å². The number of phenols is 1. The molecule has 0 spiro atoms. The summed E-state index contributed by atoms with van der Waals surface area (Å²) in [4.78, 5) is 30.7. The molecule has 0 aliphatic heterocycles. The van der Waals surface area contributed by atoms with Crippen LogP contribution in [0.5, 0.6) is 11.5 Å². The van der Waals surface area contributed by atoms with Crippen LogP contribution in [0.15, 0.2) is 84.9 Å². The van der Waals surface area contributed by atoms with Gasteiger partial charge in [-0.1, -0.05) is 35.5 Å². The number of carbonyl (C=O) groups excluding carboxylic acids is 2. The Bertz CT molecular complexity index is 2000. The van der Waals surface area contributed by atoms with E-state index in [1.54, 1.807) is 86.6 Å². The molecule has 0 unspecified atom stereocenters. The van der Waals surface area contributed by atoms with Crippen LogP contribution in [0.4, 0.5) is 22.7 Å². The summed E-state index contributed by atoms with van der Waals surface area (Å²) in [6.07, 6.45) is 0. The van der Waals surface area contributed by atoms with E-state index in [2.05, 4.69) is 36.3 Å². The highest BCUT2D eigenvalue weighted by Crippen LogP contribution is 2.24. The molecule has 12 nitrogen and oxygen atoms in total. The molecule has 0 bridgehead atoms. The van der Waals surface area contributed by atoms with E-state index in [-0.39, 0.29) is 25.1 Å². The standard InChI is InChI=1S/C19H17N3O3.C12H13BrN2O2.C7H5NO.CH4/c1-13-10-15(6-9-17(13)21-3)22-18(23)19(2,24)12-25-16-7-4-14(11-20)5-8-16;1-8-6-9(4-5-10(8)14-3)15-11(16)12(2,17)7-13;8-5-6-1-3-7(9)4-2-6;/h4-10,24H,12H2,1-2H3,(H,22,23);4-6,17H,7H2,1-2H3,(H,15,16);1-4,9H;1H4/t19-;12-;;/m11../s1. The molecule has 13 heteroatoms. The van der Waals surface area contributed by atoms with Gasteiger partial charge in [0.2, 0.25) is 0 Å². The van der Waals surface area contributed by atoms with Gasteiger partial charge >= 0.3 is 0 Å². The first kappa shape index (κ1) is 43.8. The molecule has 0 radical (unpaired) electrons. The number of rotatable bonds is 8. The minimum Gasteiger partial charge on any atom is -0.508 e. The smallest absolute Gasteiger partial charge is 0.259 e. The van der Waals surface area contributed by atoms with Gasteiger partial charge in [-0.25, -0.2) is 9.69 Å². The number of amides is 2. The number of carbonyl (C=O) groups is 2. The summed E-state index contributed by atoms with van der Waals surface area (Å²) in [6, 6.07) is 26.3. The average Bonchev–Trinajstić information content (AvgIpc) is 3.12. The Labute approximate surface area is 312 Å². The molecule has 0 aromatic heterocycles. The van der Waals surface area contributed by atoms with Gasteiger partial charge in [-0.05, 0) is 112 Å². The summed E-state index contributed by atoms with van der Waals surface area (Å²) in [7, 11) is 0. The van der Waals surface area contributed by atoms with Crippen molar-refractivity contribution in [1.29, 1.82) is 10.5 Å². The second-order valence-electron chi connectivity index (χ2n) is 11.4. The first-order chi connectivity index (χ1) is 24.1. The lowest BCUT2D eigenvalue weighted by molar-refractivity contribution is -0.135. The third-order valence-corrected chi connectivity index (χ3v) is 7.98. The van der Waals surface area contributed by atoms with E-state index in [1.165, 1.54) is 26.0 Å². The summed E-state index contributed by atoms with van der Waals surface area (Å²) in [6.45, 7) is 20.0. The van der Waals surface area contributed by atoms with E-state index < -0.39 is 23.0 Å². The second-order valence-corrected chi connectivity index (χ2v) is 12.0. The quantitative estimate of drug-likeness (QED) is 0.0892. The van der Waals surface area contributed by atoms with Crippen molar-refractivity contribution in [1.82, 2.24) is 0 Å². The first-order valence-corrected chi connectivity index (χ1v) is 16.1.